The van der Waals surface area contributed by atoms with Crippen molar-refractivity contribution in [2.45, 2.75) is 39.2 Å². The zero-order valence-electron chi connectivity index (χ0n) is 7.93. The van der Waals surface area contributed by atoms with E-state index < -0.39 is 0 Å². The molecule has 0 aromatic carbocycles. The second-order valence-electron chi connectivity index (χ2n) is 3.20. The zero-order valence-corrected chi connectivity index (χ0v) is 7.93. The molecule has 0 aliphatic carbocycles. The van der Waals surface area contributed by atoms with Crippen LogP contribution in [0.15, 0.2) is 0 Å². The van der Waals surface area contributed by atoms with E-state index in [2.05, 4.69) is 19.2 Å². The van der Waals surface area contributed by atoms with Crippen LogP contribution in [0, 0.1) is 5.92 Å². The first-order valence-corrected chi connectivity index (χ1v) is 4.55. The van der Waals surface area contributed by atoms with Gasteiger partial charge in [0.05, 0.1) is 6.10 Å². The molecule has 0 amide bonds. The Hall–Kier alpha value is -0.0800. The van der Waals surface area contributed by atoms with Crippen LogP contribution >= 0.6 is 0 Å². The normalized spacial score (nSPS) is 16.4. The van der Waals surface area contributed by atoms with Crippen molar-refractivity contribution >= 4 is 0 Å². The van der Waals surface area contributed by atoms with E-state index in [0.717, 1.165) is 25.8 Å². The topological polar surface area (TPSA) is 32.3 Å². The minimum absolute atomic E-state index is 0.103. The van der Waals surface area contributed by atoms with Gasteiger partial charge in [-0.25, -0.2) is 0 Å². The van der Waals surface area contributed by atoms with Gasteiger partial charge in [-0.05, 0) is 32.4 Å². The Bertz CT molecular complexity index is 85.6. The fourth-order valence-corrected chi connectivity index (χ4v) is 1.04. The van der Waals surface area contributed by atoms with E-state index in [0.29, 0.717) is 5.92 Å². The van der Waals surface area contributed by atoms with Crippen molar-refractivity contribution in [2.75, 3.05) is 13.6 Å². The van der Waals surface area contributed by atoms with E-state index in [-0.39, 0.29) is 6.10 Å². The largest absolute Gasteiger partial charge is 0.393 e. The van der Waals surface area contributed by atoms with Gasteiger partial charge in [0.25, 0.3) is 0 Å². The highest BCUT2D eigenvalue weighted by Crippen LogP contribution is 2.11. The zero-order chi connectivity index (χ0) is 8.69. The molecule has 0 spiro atoms. The molecule has 0 fully saturated rings. The molecule has 0 aliphatic heterocycles. The smallest absolute Gasteiger partial charge is 0.0566 e. The molecule has 0 radical (unpaired) electrons. The molecule has 0 saturated heterocycles. The van der Waals surface area contributed by atoms with E-state index >= 15 is 0 Å². The van der Waals surface area contributed by atoms with Gasteiger partial charge in [-0.3, -0.25) is 0 Å². The third-order valence-corrected chi connectivity index (χ3v) is 2.23. The molecule has 11 heavy (non-hydrogen) atoms. The van der Waals surface area contributed by atoms with Crippen molar-refractivity contribution in [3.8, 4) is 0 Å². The van der Waals surface area contributed by atoms with E-state index in [9.17, 15) is 5.11 Å². The fraction of sp³-hybridized carbons (Fsp3) is 1.00. The van der Waals surface area contributed by atoms with Crippen molar-refractivity contribution in [3.05, 3.63) is 0 Å². The van der Waals surface area contributed by atoms with E-state index in [1.54, 1.807) is 0 Å². The van der Waals surface area contributed by atoms with Crippen molar-refractivity contribution in [2.24, 2.45) is 5.92 Å². The molecule has 0 aromatic heterocycles. The summed E-state index contributed by atoms with van der Waals surface area (Å²) in [7, 11) is 1.94. The van der Waals surface area contributed by atoms with E-state index in [4.69, 9.17) is 0 Å². The van der Waals surface area contributed by atoms with Crippen LogP contribution in [0.3, 0.4) is 0 Å². The van der Waals surface area contributed by atoms with Crippen molar-refractivity contribution < 1.29 is 5.11 Å². The van der Waals surface area contributed by atoms with Gasteiger partial charge in [-0.2, -0.15) is 0 Å². The maximum absolute atomic E-state index is 9.52. The monoisotopic (exact) mass is 159 g/mol. The molecule has 2 nitrogen and oxygen atoms in total. The molecule has 0 saturated carbocycles. The third kappa shape index (κ3) is 5.22. The number of aliphatic hydroxyl groups excluding tert-OH is 1. The average Bonchev–Trinajstić information content (AvgIpc) is 2.03. The molecule has 2 N–H and O–H groups in total. The molecular formula is C9H21NO. The SMILES string of the molecule is CCC(C)C(O)CCCNC. The Morgan fingerprint density at radius 3 is 2.55 bits per heavy atom. The van der Waals surface area contributed by atoms with Crippen molar-refractivity contribution in [1.29, 1.82) is 0 Å². The predicted octanol–water partition coefficient (Wildman–Crippen LogP) is 1.39. The van der Waals surface area contributed by atoms with Crippen LogP contribution in [0.4, 0.5) is 0 Å². The Morgan fingerprint density at radius 1 is 1.45 bits per heavy atom. The number of rotatable bonds is 6. The van der Waals surface area contributed by atoms with Gasteiger partial charge in [0.2, 0.25) is 0 Å². The van der Waals surface area contributed by atoms with Crippen LogP contribution in [0.25, 0.3) is 0 Å². The Labute approximate surface area is 70.0 Å². The number of hydrogen-bond acceptors (Lipinski definition) is 2. The van der Waals surface area contributed by atoms with Crippen LogP contribution in [0.2, 0.25) is 0 Å². The molecule has 0 aliphatic rings. The Kier molecular flexibility index (Phi) is 6.57. The van der Waals surface area contributed by atoms with Crippen LogP contribution in [-0.4, -0.2) is 24.8 Å². The van der Waals surface area contributed by atoms with Gasteiger partial charge in [0.1, 0.15) is 0 Å². The molecule has 2 heteroatoms. The molecule has 2 unspecified atom stereocenters. The lowest BCUT2D eigenvalue weighted by Gasteiger charge is -2.16. The van der Waals surface area contributed by atoms with E-state index in [1.807, 2.05) is 7.05 Å². The number of hydrogen-bond donors (Lipinski definition) is 2. The van der Waals surface area contributed by atoms with Gasteiger partial charge in [0.15, 0.2) is 0 Å². The standard InChI is InChI=1S/C9H21NO/c1-4-8(2)9(11)6-5-7-10-3/h8-11H,4-7H2,1-3H3. The van der Waals surface area contributed by atoms with Crippen molar-refractivity contribution in [3.63, 3.8) is 0 Å². The summed E-state index contributed by atoms with van der Waals surface area (Å²) in [6.07, 6.45) is 2.96. The maximum atomic E-state index is 9.52. The highest BCUT2D eigenvalue weighted by Gasteiger charge is 2.10. The van der Waals surface area contributed by atoms with Crippen LogP contribution in [0.5, 0.6) is 0 Å². The summed E-state index contributed by atoms with van der Waals surface area (Å²) in [5.74, 6) is 0.451. The van der Waals surface area contributed by atoms with Gasteiger partial charge >= 0.3 is 0 Å². The molecule has 0 heterocycles. The van der Waals surface area contributed by atoms with Crippen LogP contribution < -0.4 is 5.32 Å². The average molecular weight is 159 g/mol. The molecule has 2 atom stereocenters. The van der Waals surface area contributed by atoms with Gasteiger partial charge < -0.3 is 10.4 Å². The summed E-state index contributed by atoms with van der Waals surface area (Å²) < 4.78 is 0. The van der Waals surface area contributed by atoms with Crippen LogP contribution in [-0.2, 0) is 0 Å². The van der Waals surface area contributed by atoms with Gasteiger partial charge in [-0.15, -0.1) is 0 Å². The lowest BCUT2D eigenvalue weighted by atomic mass is 9.98. The fourth-order valence-electron chi connectivity index (χ4n) is 1.04. The second-order valence-corrected chi connectivity index (χ2v) is 3.20. The lowest BCUT2D eigenvalue weighted by molar-refractivity contribution is 0.103. The second kappa shape index (κ2) is 6.62. The minimum atomic E-state index is -0.103. The predicted molar refractivity (Wildman–Crippen MR) is 48.6 cm³/mol. The Balaban J connectivity index is 3.28. The van der Waals surface area contributed by atoms with Gasteiger partial charge in [-0.1, -0.05) is 20.3 Å². The minimum Gasteiger partial charge on any atom is -0.393 e. The molecular weight excluding hydrogens is 138 g/mol. The Morgan fingerprint density at radius 2 is 2.09 bits per heavy atom. The quantitative estimate of drug-likeness (QED) is 0.574. The molecule has 0 aromatic rings. The summed E-state index contributed by atoms with van der Waals surface area (Å²) >= 11 is 0. The molecule has 0 bridgehead atoms. The first-order valence-electron chi connectivity index (χ1n) is 4.55. The third-order valence-electron chi connectivity index (χ3n) is 2.23. The summed E-state index contributed by atoms with van der Waals surface area (Å²) in [5.41, 5.74) is 0. The van der Waals surface area contributed by atoms with Crippen LogP contribution in [0.1, 0.15) is 33.1 Å². The summed E-state index contributed by atoms with van der Waals surface area (Å²) in [6, 6.07) is 0. The summed E-state index contributed by atoms with van der Waals surface area (Å²) in [5, 5.41) is 12.6. The number of aliphatic hydroxyl groups is 1. The lowest BCUT2D eigenvalue weighted by Crippen LogP contribution is -2.19. The summed E-state index contributed by atoms with van der Waals surface area (Å²) in [6.45, 7) is 5.23. The molecule has 0 rings (SSSR count). The van der Waals surface area contributed by atoms with Crippen molar-refractivity contribution in [1.82, 2.24) is 5.32 Å². The highest BCUT2D eigenvalue weighted by molar-refractivity contribution is 4.62. The first-order chi connectivity index (χ1) is 5.22. The number of nitrogens with one attached hydrogen (secondary N) is 1. The first kappa shape index (κ1) is 10.9. The van der Waals surface area contributed by atoms with E-state index in [1.165, 1.54) is 0 Å². The van der Waals surface area contributed by atoms with Gasteiger partial charge in [0, 0.05) is 0 Å². The maximum Gasteiger partial charge on any atom is 0.0566 e. The highest BCUT2D eigenvalue weighted by atomic mass is 16.3. The summed E-state index contributed by atoms with van der Waals surface area (Å²) in [4.78, 5) is 0. The molecule has 68 valence electrons.